The topological polar surface area (TPSA) is 101 Å². The van der Waals surface area contributed by atoms with Crippen molar-refractivity contribution in [3.05, 3.63) is 35.8 Å². The summed E-state index contributed by atoms with van der Waals surface area (Å²) in [5.41, 5.74) is 6.14. The number of rotatable bonds is 4. The highest BCUT2D eigenvalue weighted by molar-refractivity contribution is 7.92. The van der Waals surface area contributed by atoms with Gasteiger partial charge in [0.15, 0.2) is 5.82 Å². The van der Waals surface area contributed by atoms with Crippen molar-refractivity contribution >= 4 is 21.5 Å². The second-order valence-corrected chi connectivity index (χ2v) is 6.25. The van der Waals surface area contributed by atoms with Crippen molar-refractivity contribution in [3.8, 4) is 0 Å². The number of halogens is 1. The Labute approximate surface area is 116 Å². The van der Waals surface area contributed by atoms with E-state index in [4.69, 9.17) is 5.73 Å². The van der Waals surface area contributed by atoms with Crippen LogP contribution in [0, 0.1) is 5.82 Å². The van der Waals surface area contributed by atoms with Crippen LogP contribution in [0.15, 0.2) is 29.2 Å². The van der Waals surface area contributed by atoms with Crippen molar-refractivity contribution in [2.24, 2.45) is 0 Å². The highest BCUT2D eigenvalue weighted by Gasteiger charge is 2.23. The number of nitrogen functional groups attached to an aromatic ring is 1. The highest BCUT2D eigenvalue weighted by Crippen LogP contribution is 2.24. The summed E-state index contributed by atoms with van der Waals surface area (Å²) in [4.78, 5) is -0.575. The first kappa shape index (κ1) is 14.3. The summed E-state index contributed by atoms with van der Waals surface area (Å²) in [6.45, 7) is 3.86. The number of aromatic amines is 1. The van der Waals surface area contributed by atoms with E-state index >= 15 is 0 Å². The molecule has 0 aliphatic rings. The number of hydrogen-bond donors (Lipinski definition) is 3. The van der Waals surface area contributed by atoms with Gasteiger partial charge in [-0.3, -0.25) is 9.82 Å². The van der Waals surface area contributed by atoms with E-state index in [-0.39, 0.29) is 17.4 Å². The first-order chi connectivity index (χ1) is 9.31. The van der Waals surface area contributed by atoms with Crippen molar-refractivity contribution in [2.45, 2.75) is 24.7 Å². The standard InChI is InChI=1S/C12H15FN4O2S/c1-7(2)10-6-11(16-15-10)17-20(18,19)12-8(13)4-3-5-9(12)14/h3-7H,14H2,1-2H3,(H2,15,16,17). The Morgan fingerprint density at radius 3 is 2.65 bits per heavy atom. The molecule has 0 aliphatic carbocycles. The Morgan fingerprint density at radius 2 is 2.10 bits per heavy atom. The van der Waals surface area contributed by atoms with Gasteiger partial charge in [-0.05, 0) is 18.1 Å². The molecule has 0 unspecified atom stereocenters. The summed E-state index contributed by atoms with van der Waals surface area (Å²) in [7, 11) is -4.12. The van der Waals surface area contributed by atoms with Gasteiger partial charge >= 0.3 is 0 Å². The zero-order valence-electron chi connectivity index (χ0n) is 11.0. The van der Waals surface area contributed by atoms with Crippen molar-refractivity contribution in [3.63, 3.8) is 0 Å². The molecule has 4 N–H and O–H groups in total. The molecule has 6 nitrogen and oxygen atoms in total. The van der Waals surface area contributed by atoms with Crippen LogP contribution in [0.5, 0.6) is 0 Å². The van der Waals surface area contributed by atoms with Gasteiger partial charge in [0.25, 0.3) is 10.0 Å². The molecule has 0 radical (unpaired) electrons. The quantitative estimate of drug-likeness (QED) is 0.752. The molecule has 1 heterocycles. The second-order valence-electron chi connectivity index (χ2n) is 4.63. The van der Waals surface area contributed by atoms with E-state index in [1.807, 2.05) is 13.8 Å². The Kier molecular flexibility index (Phi) is 3.67. The lowest BCUT2D eigenvalue weighted by atomic mass is 10.1. The lowest BCUT2D eigenvalue weighted by Crippen LogP contribution is -2.16. The van der Waals surface area contributed by atoms with E-state index in [0.29, 0.717) is 0 Å². The van der Waals surface area contributed by atoms with E-state index in [2.05, 4.69) is 14.9 Å². The Morgan fingerprint density at radius 1 is 1.40 bits per heavy atom. The van der Waals surface area contributed by atoms with E-state index in [9.17, 15) is 12.8 Å². The van der Waals surface area contributed by atoms with Gasteiger partial charge in [-0.2, -0.15) is 5.10 Å². The summed E-state index contributed by atoms with van der Waals surface area (Å²) < 4.78 is 40.1. The zero-order chi connectivity index (χ0) is 14.9. The van der Waals surface area contributed by atoms with Crippen molar-refractivity contribution < 1.29 is 12.8 Å². The Hall–Kier alpha value is -2.09. The maximum atomic E-state index is 13.7. The molecule has 0 atom stereocenters. The number of sulfonamides is 1. The maximum absolute atomic E-state index is 13.7. The minimum absolute atomic E-state index is 0.0938. The third-order valence-corrected chi connectivity index (χ3v) is 4.17. The summed E-state index contributed by atoms with van der Waals surface area (Å²) in [6, 6.07) is 5.26. The predicted octanol–water partition coefficient (Wildman–Crippen LogP) is 2.06. The van der Waals surface area contributed by atoms with Crippen molar-refractivity contribution in [1.82, 2.24) is 10.2 Å². The van der Waals surface area contributed by atoms with Gasteiger partial charge in [-0.25, -0.2) is 12.8 Å². The second kappa shape index (κ2) is 5.12. The average molecular weight is 298 g/mol. The van der Waals surface area contributed by atoms with Gasteiger partial charge in [0.1, 0.15) is 10.7 Å². The summed E-state index contributed by atoms with van der Waals surface area (Å²) >= 11 is 0. The monoisotopic (exact) mass is 298 g/mol. The fraction of sp³-hybridized carbons (Fsp3) is 0.250. The zero-order valence-corrected chi connectivity index (χ0v) is 11.8. The van der Waals surface area contributed by atoms with Crippen LogP contribution in [0.25, 0.3) is 0 Å². The first-order valence-electron chi connectivity index (χ1n) is 5.93. The van der Waals surface area contributed by atoms with E-state index in [1.54, 1.807) is 6.07 Å². The highest BCUT2D eigenvalue weighted by atomic mass is 32.2. The maximum Gasteiger partial charge on any atom is 0.268 e. The number of nitrogens with two attached hydrogens (primary N) is 1. The fourth-order valence-electron chi connectivity index (χ4n) is 1.68. The third-order valence-electron chi connectivity index (χ3n) is 2.72. The molecule has 2 aromatic rings. The Bertz CT molecular complexity index is 705. The molecular formula is C12H15FN4O2S. The first-order valence-corrected chi connectivity index (χ1v) is 7.41. The molecule has 0 saturated heterocycles. The molecule has 8 heteroatoms. The van der Waals surface area contributed by atoms with Crippen LogP contribution in [0.2, 0.25) is 0 Å². The van der Waals surface area contributed by atoms with Crippen LogP contribution in [0.3, 0.4) is 0 Å². The van der Waals surface area contributed by atoms with Gasteiger partial charge in [0, 0.05) is 11.8 Å². The van der Waals surface area contributed by atoms with Gasteiger partial charge in [-0.1, -0.05) is 19.9 Å². The van der Waals surface area contributed by atoms with Crippen LogP contribution in [-0.4, -0.2) is 18.6 Å². The average Bonchev–Trinajstić information content (AvgIpc) is 2.76. The fourth-order valence-corrected chi connectivity index (χ4v) is 2.87. The molecule has 0 bridgehead atoms. The smallest absolute Gasteiger partial charge is 0.268 e. The van der Waals surface area contributed by atoms with Gasteiger partial charge in [-0.15, -0.1) is 0 Å². The number of aromatic nitrogens is 2. The number of nitrogens with one attached hydrogen (secondary N) is 2. The summed E-state index contributed by atoms with van der Waals surface area (Å²) in [5.74, 6) is -0.646. The molecule has 0 aliphatic heterocycles. The Balaban J connectivity index is 2.36. The molecule has 0 amide bonds. The largest absolute Gasteiger partial charge is 0.398 e. The van der Waals surface area contributed by atoms with E-state index < -0.39 is 20.7 Å². The predicted molar refractivity (Wildman–Crippen MR) is 74.3 cm³/mol. The minimum Gasteiger partial charge on any atom is -0.398 e. The van der Waals surface area contributed by atoms with Crippen LogP contribution < -0.4 is 10.5 Å². The summed E-state index contributed by atoms with van der Waals surface area (Å²) in [6.07, 6.45) is 0. The van der Waals surface area contributed by atoms with E-state index in [1.165, 1.54) is 12.1 Å². The van der Waals surface area contributed by atoms with E-state index in [0.717, 1.165) is 11.8 Å². The normalized spacial score (nSPS) is 11.8. The lowest BCUT2D eigenvalue weighted by Gasteiger charge is -2.08. The molecule has 0 saturated carbocycles. The van der Waals surface area contributed by atoms with Crippen LogP contribution in [0.4, 0.5) is 15.9 Å². The molecule has 1 aromatic heterocycles. The third kappa shape index (κ3) is 2.74. The molecule has 0 fully saturated rings. The van der Waals surface area contributed by atoms with Crippen LogP contribution in [0.1, 0.15) is 25.5 Å². The van der Waals surface area contributed by atoms with Crippen molar-refractivity contribution in [2.75, 3.05) is 10.5 Å². The van der Waals surface area contributed by atoms with Gasteiger partial charge in [0.05, 0.1) is 5.69 Å². The number of hydrogen-bond acceptors (Lipinski definition) is 4. The number of anilines is 2. The van der Waals surface area contributed by atoms with Crippen LogP contribution >= 0.6 is 0 Å². The number of benzene rings is 1. The number of H-pyrrole nitrogens is 1. The lowest BCUT2D eigenvalue weighted by molar-refractivity contribution is 0.571. The molecule has 108 valence electrons. The van der Waals surface area contributed by atoms with Gasteiger partial charge < -0.3 is 5.73 Å². The molecule has 0 spiro atoms. The molecular weight excluding hydrogens is 283 g/mol. The molecule has 1 aromatic carbocycles. The van der Waals surface area contributed by atoms with Gasteiger partial charge in [0.2, 0.25) is 0 Å². The van der Waals surface area contributed by atoms with Crippen LogP contribution in [-0.2, 0) is 10.0 Å². The molecule has 20 heavy (non-hydrogen) atoms. The number of nitrogens with zero attached hydrogens (tertiary/aromatic N) is 1. The SMILES string of the molecule is CC(C)c1cc(NS(=O)(=O)c2c(N)cccc2F)n[nH]1. The summed E-state index contributed by atoms with van der Waals surface area (Å²) in [5, 5.41) is 6.54. The molecule has 2 rings (SSSR count). The van der Waals surface area contributed by atoms with Crippen molar-refractivity contribution in [1.29, 1.82) is 0 Å². The minimum atomic E-state index is -4.12.